The van der Waals surface area contributed by atoms with Gasteiger partial charge in [0.15, 0.2) is 0 Å². The highest BCUT2D eigenvalue weighted by atomic mass is 16.4. The number of rotatable bonds is 6. The van der Waals surface area contributed by atoms with Crippen molar-refractivity contribution in [3.8, 4) is 0 Å². The molecule has 0 saturated carbocycles. The number of hydrogen-bond donors (Lipinski definition) is 3. The molecule has 0 aromatic rings. The molecule has 6 heteroatoms. The molecule has 1 saturated heterocycles. The van der Waals surface area contributed by atoms with Crippen molar-refractivity contribution in [3.63, 3.8) is 0 Å². The first-order chi connectivity index (χ1) is 8.91. The summed E-state index contributed by atoms with van der Waals surface area (Å²) in [5.74, 6) is -1.01. The molecule has 0 aromatic heterocycles. The summed E-state index contributed by atoms with van der Waals surface area (Å²) in [4.78, 5) is 24.1. The lowest BCUT2D eigenvalue weighted by Crippen LogP contribution is -2.39. The second kappa shape index (κ2) is 7.33. The molecule has 1 aliphatic heterocycles. The van der Waals surface area contributed by atoms with E-state index in [0.717, 1.165) is 6.42 Å². The number of aliphatic carboxylic acids is 1. The minimum Gasteiger partial charge on any atom is -0.481 e. The zero-order valence-electron chi connectivity index (χ0n) is 11.6. The average Bonchev–Trinajstić information content (AvgIpc) is 2.83. The van der Waals surface area contributed by atoms with Gasteiger partial charge in [-0.2, -0.15) is 0 Å². The van der Waals surface area contributed by atoms with Crippen LogP contribution in [0.2, 0.25) is 0 Å². The van der Waals surface area contributed by atoms with Gasteiger partial charge in [0.25, 0.3) is 0 Å². The Morgan fingerprint density at radius 3 is 2.63 bits per heavy atom. The van der Waals surface area contributed by atoms with Crippen LogP contribution in [0.15, 0.2) is 0 Å². The van der Waals surface area contributed by atoms with Crippen LogP contribution in [0.4, 0.5) is 4.79 Å². The Morgan fingerprint density at radius 2 is 2.11 bits per heavy atom. The Labute approximate surface area is 113 Å². The van der Waals surface area contributed by atoms with Crippen LogP contribution in [-0.2, 0) is 4.79 Å². The molecule has 2 amide bonds. The van der Waals surface area contributed by atoms with Gasteiger partial charge in [0.2, 0.25) is 0 Å². The number of carbonyl (C=O) groups excluding carboxylic acids is 1. The van der Waals surface area contributed by atoms with Crippen LogP contribution >= 0.6 is 0 Å². The second-order valence-corrected chi connectivity index (χ2v) is 5.35. The Hall–Kier alpha value is -1.30. The van der Waals surface area contributed by atoms with E-state index in [9.17, 15) is 14.7 Å². The van der Waals surface area contributed by atoms with Gasteiger partial charge in [0.1, 0.15) is 0 Å². The number of aliphatic hydroxyl groups is 1. The molecule has 6 nitrogen and oxygen atoms in total. The molecule has 0 spiro atoms. The number of amides is 2. The van der Waals surface area contributed by atoms with Gasteiger partial charge in [-0.3, -0.25) is 4.79 Å². The van der Waals surface area contributed by atoms with Crippen LogP contribution in [-0.4, -0.2) is 52.9 Å². The van der Waals surface area contributed by atoms with Crippen molar-refractivity contribution in [2.24, 2.45) is 11.8 Å². The fourth-order valence-electron chi connectivity index (χ4n) is 2.20. The van der Waals surface area contributed by atoms with Gasteiger partial charge in [-0.1, -0.05) is 6.92 Å². The summed E-state index contributed by atoms with van der Waals surface area (Å²) in [7, 11) is 0. The van der Waals surface area contributed by atoms with Gasteiger partial charge in [-0.15, -0.1) is 0 Å². The fourth-order valence-corrected chi connectivity index (χ4v) is 2.20. The number of carbonyl (C=O) groups is 2. The minimum absolute atomic E-state index is 0.119. The quantitative estimate of drug-likeness (QED) is 0.627. The first-order valence-electron chi connectivity index (χ1n) is 6.85. The van der Waals surface area contributed by atoms with Gasteiger partial charge in [0, 0.05) is 25.6 Å². The highest BCUT2D eigenvalue weighted by molar-refractivity contribution is 5.74. The van der Waals surface area contributed by atoms with Gasteiger partial charge in [-0.05, 0) is 26.2 Å². The standard InChI is InChI=1S/C13H24N2O4/c1-9(12(17)18)4-3-6-14-13(19)15-7-5-11(8-15)10(2)16/h9-11,16H,3-8H2,1-2H3,(H,14,19)(H,17,18). The average molecular weight is 272 g/mol. The third kappa shape index (κ3) is 5.06. The monoisotopic (exact) mass is 272 g/mol. The van der Waals surface area contributed by atoms with E-state index < -0.39 is 5.97 Å². The van der Waals surface area contributed by atoms with Crippen molar-refractivity contribution in [2.45, 2.75) is 39.2 Å². The van der Waals surface area contributed by atoms with E-state index in [4.69, 9.17) is 5.11 Å². The topological polar surface area (TPSA) is 89.9 Å². The Balaban J connectivity index is 2.17. The summed E-state index contributed by atoms with van der Waals surface area (Å²) < 4.78 is 0. The molecule has 0 aliphatic carbocycles. The van der Waals surface area contributed by atoms with E-state index in [1.165, 1.54) is 0 Å². The van der Waals surface area contributed by atoms with Crippen LogP contribution in [0.1, 0.15) is 33.1 Å². The van der Waals surface area contributed by atoms with Crippen molar-refractivity contribution < 1.29 is 19.8 Å². The molecule has 1 fully saturated rings. The lowest BCUT2D eigenvalue weighted by atomic mass is 10.0. The van der Waals surface area contributed by atoms with Crippen LogP contribution < -0.4 is 5.32 Å². The van der Waals surface area contributed by atoms with E-state index in [1.807, 2.05) is 0 Å². The molecule has 0 bridgehead atoms. The molecule has 3 atom stereocenters. The van der Waals surface area contributed by atoms with Gasteiger partial charge in [-0.25, -0.2) is 4.79 Å². The van der Waals surface area contributed by atoms with Gasteiger partial charge >= 0.3 is 12.0 Å². The second-order valence-electron chi connectivity index (χ2n) is 5.35. The molecule has 19 heavy (non-hydrogen) atoms. The zero-order chi connectivity index (χ0) is 14.4. The van der Waals surface area contributed by atoms with Crippen molar-refractivity contribution >= 4 is 12.0 Å². The summed E-state index contributed by atoms with van der Waals surface area (Å²) in [6.07, 6.45) is 1.68. The maximum absolute atomic E-state index is 11.8. The number of carboxylic acid groups (broad SMARTS) is 1. The fraction of sp³-hybridized carbons (Fsp3) is 0.846. The number of nitrogens with zero attached hydrogens (tertiary/aromatic N) is 1. The predicted molar refractivity (Wildman–Crippen MR) is 70.8 cm³/mol. The molecule has 3 N–H and O–H groups in total. The van der Waals surface area contributed by atoms with Crippen molar-refractivity contribution in [2.75, 3.05) is 19.6 Å². The SMILES string of the molecule is CC(CCCNC(=O)N1CCC(C(C)O)C1)C(=O)O. The zero-order valence-corrected chi connectivity index (χ0v) is 11.6. The molecule has 1 aliphatic rings. The minimum atomic E-state index is -0.800. The molecular weight excluding hydrogens is 248 g/mol. The van der Waals surface area contributed by atoms with Crippen LogP contribution in [0, 0.1) is 11.8 Å². The molecule has 1 rings (SSSR count). The van der Waals surface area contributed by atoms with Crippen molar-refractivity contribution in [1.82, 2.24) is 10.2 Å². The van der Waals surface area contributed by atoms with Gasteiger partial charge in [0.05, 0.1) is 12.0 Å². The number of likely N-dealkylation sites (tertiary alicyclic amines) is 1. The number of carboxylic acids is 1. The largest absolute Gasteiger partial charge is 0.481 e. The number of urea groups is 1. The molecular formula is C13H24N2O4. The maximum Gasteiger partial charge on any atom is 0.317 e. The number of hydrogen-bond acceptors (Lipinski definition) is 3. The summed E-state index contributed by atoms with van der Waals surface area (Å²) in [5, 5.41) is 21.0. The predicted octanol–water partition coefficient (Wildman–Crippen LogP) is 0.900. The number of nitrogens with one attached hydrogen (secondary N) is 1. The van der Waals surface area contributed by atoms with Gasteiger partial charge < -0.3 is 20.4 Å². The molecule has 3 unspecified atom stereocenters. The Morgan fingerprint density at radius 1 is 1.42 bits per heavy atom. The van der Waals surface area contributed by atoms with Crippen LogP contribution in [0.5, 0.6) is 0 Å². The van der Waals surface area contributed by atoms with Crippen LogP contribution in [0.3, 0.4) is 0 Å². The van der Waals surface area contributed by atoms with Crippen molar-refractivity contribution in [3.05, 3.63) is 0 Å². The third-order valence-electron chi connectivity index (χ3n) is 3.71. The lowest BCUT2D eigenvalue weighted by Gasteiger charge is -2.18. The molecule has 0 radical (unpaired) electrons. The van der Waals surface area contributed by atoms with Crippen molar-refractivity contribution in [1.29, 1.82) is 0 Å². The summed E-state index contributed by atoms with van der Waals surface area (Å²) in [5.41, 5.74) is 0. The third-order valence-corrected chi connectivity index (χ3v) is 3.71. The Kier molecular flexibility index (Phi) is 6.08. The summed E-state index contributed by atoms with van der Waals surface area (Å²) in [6, 6.07) is -0.119. The Bertz CT molecular complexity index is 320. The summed E-state index contributed by atoms with van der Waals surface area (Å²) >= 11 is 0. The summed E-state index contributed by atoms with van der Waals surface area (Å²) in [6.45, 7) is 5.17. The van der Waals surface area contributed by atoms with E-state index in [1.54, 1.807) is 18.7 Å². The first kappa shape index (κ1) is 15.8. The highest BCUT2D eigenvalue weighted by Crippen LogP contribution is 2.19. The number of aliphatic hydroxyl groups excluding tert-OH is 1. The first-order valence-corrected chi connectivity index (χ1v) is 6.85. The van der Waals surface area contributed by atoms with E-state index in [0.29, 0.717) is 32.5 Å². The smallest absolute Gasteiger partial charge is 0.317 e. The highest BCUT2D eigenvalue weighted by Gasteiger charge is 2.28. The maximum atomic E-state index is 11.8. The molecule has 1 heterocycles. The van der Waals surface area contributed by atoms with E-state index in [2.05, 4.69) is 5.32 Å². The van der Waals surface area contributed by atoms with Crippen LogP contribution in [0.25, 0.3) is 0 Å². The lowest BCUT2D eigenvalue weighted by molar-refractivity contribution is -0.141. The normalized spacial score (nSPS) is 22.1. The van der Waals surface area contributed by atoms with E-state index >= 15 is 0 Å². The molecule has 110 valence electrons. The van der Waals surface area contributed by atoms with E-state index in [-0.39, 0.29) is 24.0 Å². The molecule has 0 aromatic carbocycles.